The molecule has 4 rings (SSSR count). The Bertz CT molecular complexity index is 1230. The van der Waals surface area contributed by atoms with Gasteiger partial charge in [-0.3, -0.25) is 9.78 Å². The summed E-state index contributed by atoms with van der Waals surface area (Å²) < 4.78 is 16.0. The van der Waals surface area contributed by atoms with E-state index in [1.54, 1.807) is 6.08 Å². The van der Waals surface area contributed by atoms with Crippen LogP contribution in [0, 0.1) is 11.3 Å². The number of benzene rings is 1. The molecule has 0 spiro atoms. The van der Waals surface area contributed by atoms with Crippen molar-refractivity contribution >= 4 is 40.8 Å². The van der Waals surface area contributed by atoms with Crippen LogP contribution in [0.1, 0.15) is 27.2 Å². The number of anilines is 1. The van der Waals surface area contributed by atoms with Crippen molar-refractivity contribution in [1.82, 2.24) is 4.98 Å². The number of halogens is 1. The van der Waals surface area contributed by atoms with Crippen molar-refractivity contribution in [3.05, 3.63) is 46.4 Å². The average molecular weight is 452 g/mol. The van der Waals surface area contributed by atoms with Crippen molar-refractivity contribution in [2.45, 2.75) is 6.42 Å². The summed E-state index contributed by atoms with van der Waals surface area (Å²) in [5, 5.41) is 12.5. The van der Waals surface area contributed by atoms with Gasteiger partial charge in [-0.05, 0) is 18.2 Å². The van der Waals surface area contributed by atoms with Crippen LogP contribution in [0.15, 0.2) is 34.0 Å². The topological polar surface area (TPSA) is 118 Å². The number of nitrogens with zero attached hydrogens (tertiary/aromatic N) is 4. The Morgan fingerprint density at radius 3 is 2.50 bits per heavy atom. The van der Waals surface area contributed by atoms with Gasteiger partial charge in [0.2, 0.25) is 5.75 Å². The molecule has 10 heteroatoms. The summed E-state index contributed by atoms with van der Waals surface area (Å²) in [5.41, 5.74) is 3.53. The molecule has 9 nitrogen and oxygen atoms in total. The summed E-state index contributed by atoms with van der Waals surface area (Å²) >= 11 is 5.86. The SMILES string of the molecule is COc1cc(C(=O)Nc2c(C#N)cnc3c2C=C2N=C(CCl)N=C2C3)cc(OC)c1OC. The Morgan fingerprint density at radius 2 is 1.91 bits per heavy atom. The fraction of sp³-hybridized carbons (Fsp3) is 0.227. The normalized spacial score (nSPS) is 13.7. The van der Waals surface area contributed by atoms with E-state index in [9.17, 15) is 10.1 Å². The monoisotopic (exact) mass is 451 g/mol. The van der Waals surface area contributed by atoms with Gasteiger partial charge in [0.15, 0.2) is 11.5 Å². The lowest BCUT2D eigenvalue weighted by molar-refractivity contribution is 0.102. The Labute approximate surface area is 189 Å². The van der Waals surface area contributed by atoms with Gasteiger partial charge >= 0.3 is 0 Å². The lowest BCUT2D eigenvalue weighted by Gasteiger charge is -2.18. The maximum Gasteiger partial charge on any atom is 0.255 e. The van der Waals surface area contributed by atoms with E-state index in [2.05, 4.69) is 26.4 Å². The van der Waals surface area contributed by atoms with E-state index in [0.717, 1.165) is 5.71 Å². The van der Waals surface area contributed by atoms with Crippen LogP contribution >= 0.6 is 11.6 Å². The molecule has 1 aromatic carbocycles. The third-order valence-corrected chi connectivity index (χ3v) is 5.27. The van der Waals surface area contributed by atoms with E-state index in [0.29, 0.717) is 52.1 Å². The minimum Gasteiger partial charge on any atom is -0.493 e. The summed E-state index contributed by atoms with van der Waals surface area (Å²) in [6.07, 6.45) is 3.61. The molecule has 162 valence electrons. The van der Waals surface area contributed by atoms with Gasteiger partial charge in [0, 0.05) is 23.7 Å². The molecule has 1 amide bonds. The number of hydrogen-bond donors (Lipinski definition) is 1. The predicted octanol–water partition coefficient (Wildman–Crippen LogP) is 3.22. The molecule has 0 saturated carbocycles. The number of nitrogens with one attached hydrogen (secondary N) is 1. The first-order valence-electron chi connectivity index (χ1n) is 9.49. The number of alkyl halides is 1. The van der Waals surface area contributed by atoms with Crippen molar-refractivity contribution in [3.63, 3.8) is 0 Å². The quantitative estimate of drug-likeness (QED) is 0.673. The summed E-state index contributed by atoms with van der Waals surface area (Å²) in [7, 11) is 4.41. The first-order valence-corrected chi connectivity index (χ1v) is 10.0. The molecule has 1 aromatic heterocycles. The molecule has 2 aromatic rings. The van der Waals surface area contributed by atoms with E-state index in [4.69, 9.17) is 25.8 Å². The average Bonchev–Trinajstić information content (AvgIpc) is 3.23. The number of amidine groups is 1. The molecule has 0 fully saturated rings. The van der Waals surface area contributed by atoms with Crippen molar-refractivity contribution < 1.29 is 19.0 Å². The lowest BCUT2D eigenvalue weighted by atomic mass is 9.95. The number of hydrogen-bond acceptors (Lipinski definition) is 8. The van der Waals surface area contributed by atoms with E-state index < -0.39 is 5.91 Å². The summed E-state index contributed by atoms with van der Waals surface area (Å²) in [6.45, 7) is 0. The number of aliphatic imine (C=N–C) groups is 2. The molecular formula is C22H18ClN5O4. The number of fused-ring (bicyclic) bond motifs is 2. The molecular weight excluding hydrogens is 434 g/mol. The zero-order chi connectivity index (χ0) is 22.8. The van der Waals surface area contributed by atoms with Gasteiger partial charge in [-0.1, -0.05) is 0 Å². The highest BCUT2D eigenvalue weighted by Gasteiger charge is 2.27. The van der Waals surface area contributed by atoms with Crippen molar-refractivity contribution in [1.29, 1.82) is 5.26 Å². The molecule has 0 bridgehead atoms. The van der Waals surface area contributed by atoms with Crippen LogP contribution in [0.4, 0.5) is 5.69 Å². The third kappa shape index (κ3) is 3.65. The van der Waals surface area contributed by atoms with Crippen LogP contribution in [-0.4, -0.2) is 49.6 Å². The Balaban J connectivity index is 1.76. The van der Waals surface area contributed by atoms with Crippen molar-refractivity contribution in [2.24, 2.45) is 9.98 Å². The number of carbonyl (C=O) groups is 1. The highest BCUT2D eigenvalue weighted by atomic mass is 35.5. The zero-order valence-electron chi connectivity index (χ0n) is 17.5. The number of nitriles is 1. The minimum absolute atomic E-state index is 0.193. The first kappa shape index (κ1) is 21.3. The van der Waals surface area contributed by atoms with Crippen LogP contribution < -0.4 is 19.5 Å². The number of amides is 1. The Morgan fingerprint density at radius 1 is 1.19 bits per heavy atom. The molecule has 0 unspecified atom stereocenters. The van der Waals surface area contributed by atoms with E-state index in [-0.39, 0.29) is 17.0 Å². The van der Waals surface area contributed by atoms with E-state index in [1.165, 1.54) is 39.7 Å². The summed E-state index contributed by atoms with van der Waals surface area (Å²) in [5.74, 6) is 1.31. The molecule has 0 radical (unpaired) electrons. The smallest absolute Gasteiger partial charge is 0.255 e. The molecule has 0 saturated heterocycles. The number of methoxy groups -OCH3 is 3. The zero-order valence-corrected chi connectivity index (χ0v) is 18.3. The van der Waals surface area contributed by atoms with Gasteiger partial charge in [0.05, 0.1) is 55.6 Å². The number of allylic oxidation sites excluding steroid dienone is 1. The summed E-state index contributed by atoms with van der Waals surface area (Å²) in [4.78, 5) is 26.3. The van der Waals surface area contributed by atoms with Crippen molar-refractivity contribution in [3.8, 4) is 23.3 Å². The molecule has 32 heavy (non-hydrogen) atoms. The Kier molecular flexibility index (Phi) is 5.79. The lowest BCUT2D eigenvalue weighted by Crippen LogP contribution is -2.18. The van der Waals surface area contributed by atoms with Gasteiger partial charge < -0.3 is 19.5 Å². The summed E-state index contributed by atoms with van der Waals surface area (Å²) in [6, 6.07) is 5.15. The number of rotatable bonds is 6. The number of carbonyl (C=O) groups excluding carboxylic acids is 1. The Hall–Kier alpha value is -3.90. The number of ether oxygens (including phenoxy) is 3. The molecule has 1 aliphatic carbocycles. The van der Waals surface area contributed by atoms with Crippen molar-refractivity contribution in [2.75, 3.05) is 32.5 Å². The predicted molar refractivity (Wildman–Crippen MR) is 120 cm³/mol. The molecule has 1 aliphatic heterocycles. The van der Waals surface area contributed by atoms with Gasteiger partial charge in [-0.25, -0.2) is 9.98 Å². The number of pyridine rings is 1. The van der Waals surface area contributed by atoms with Gasteiger partial charge in [-0.15, -0.1) is 11.6 Å². The van der Waals surface area contributed by atoms with Crippen LogP contribution in [0.25, 0.3) is 6.08 Å². The largest absolute Gasteiger partial charge is 0.493 e. The molecule has 2 aliphatic rings. The molecule has 2 heterocycles. The maximum atomic E-state index is 13.1. The van der Waals surface area contributed by atoms with Crippen LogP contribution in [0.5, 0.6) is 17.2 Å². The van der Waals surface area contributed by atoms with Crippen LogP contribution in [-0.2, 0) is 6.42 Å². The van der Waals surface area contributed by atoms with Crippen LogP contribution in [0.3, 0.4) is 0 Å². The third-order valence-electron chi connectivity index (χ3n) is 5.03. The minimum atomic E-state index is -0.455. The number of aromatic nitrogens is 1. The maximum absolute atomic E-state index is 13.1. The second-order valence-corrected chi connectivity index (χ2v) is 7.08. The van der Waals surface area contributed by atoms with Gasteiger partial charge in [0.1, 0.15) is 11.9 Å². The fourth-order valence-corrected chi connectivity index (χ4v) is 3.64. The fourth-order valence-electron chi connectivity index (χ4n) is 3.52. The highest BCUT2D eigenvalue weighted by Crippen LogP contribution is 2.39. The van der Waals surface area contributed by atoms with Crippen LogP contribution in [0.2, 0.25) is 0 Å². The second-order valence-electron chi connectivity index (χ2n) is 6.81. The highest BCUT2D eigenvalue weighted by molar-refractivity contribution is 6.32. The molecule has 0 atom stereocenters. The standard InChI is InChI=1S/C22H18ClN5O4/c1-30-17-4-11(5-18(31-2)21(17)32-3)22(29)28-20-12(9-24)10-25-14-7-16-15(6-13(14)20)26-19(8-23)27-16/h4-6,10H,7-8H2,1-3H3,(H,25,28,29). The van der Waals surface area contributed by atoms with Gasteiger partial charge in [-0.2, -0.15) is 5.26 Å². The van der Waals surface area contributed by atoms with Gasteiger partial charge in [0.25, 0.3) is 5.91 Å². The first-order chi connectivity index (χ1) is 15.5. The van der Waals surface area contributed by atoms with E-state index >= 15 is 0 Å². The van der Waals surface area contributed by atoms with E-state index in [1.807, 2.05) is 0 Å². The second kappa shape index (κ2) is 8.69. The molecule has 1 N–H and O–H groups in total.